The van der Waals surface area contributed by atoms with Gasteiger partial charge in [-0.15, -0.1) is 0 Å². The number of aliphatic hydroxyl groups excluding tert-OH is 1. The van der Waals surface area contributed by atoms with Crippen molar-refractivity contribution in [2.75, 3.05) is 14.2 Å². The Morgan fingerprint density at radius 2 is 1.70 bits per heavy atom. The van der Waals surface area contributed by atoms with Crippen LogP contribution in [0.4, 0.5) is 4.39 Å². The Kier molecular flexibility index (Phi) is 4.47. The molecule has 0 aromatic heterocycles. The van der Waals surface area contributed by atoms with E-state index in [9.17, 15) is 9.50 Å². The third kappa shape index (κ3) is 2.86. The maximum atomic E-state index is 13.9. The van der Waals surface area contributed by atoms with Gasteiger partial charge in [0.05, 0.1) is 19.2 Å². The van der Waals surface area contributed by atoms with Gasteiger partial charge >= 0.3 is 0 Å². The van der Waals surface area contributed by atoms with Gasteiger partial charge in [0.2, 0.25) is 0 Å². The Morgan fingerprint density at radius 3 is 2.25 bits per heavy atom. The highest BCUT2D eigenvalue weighted by atomic mass is 35.5. The molecular weight excluding hydrogens is 283 g/mol. The van der Waals surface area contributed by atoms with Crippen LogP contribution in [0.1, 0.15) is 17.2 Å². The predicted molar refractivity (Wildman–Crippen MR) is 75.0 cm³/mol. The third-order valence-electron chi connectivity index (χ3n) is 2.97. The first-order valence-electron chi connectivity index (χ1n) is 5.91. The van der Waals surface area contributed by atoms with Crippen molar-refractivity contribution in [2.45, 2.75) is 6.10 Å². The summed E-state index contributed by atoms with van der Waals surface area (Å²) >= 11 is 5.73. The molecule has 0 heterocycles. The first-order chi connectivity index (χ1) is 9.56. The summed E-state index contributed by atoms with van der Waals surface area (Å²) in [6.45, 7) is 0. The lowest BCUT2D eigenvalue weighted by Crippen LogP contribution is -2.04. The number of halogens is 2. The van der Waals surface area contributed by atoms with E-state index in [0.717, 1.165) is 0 Å². The number of rotatable bonds is 4. The van der Waals surface area contributed by atoms with Gasteiger partial charge in [-0.05, 0) is 23.8 Å². The maximum Gasteiger partial charge on any atom is 0.147 e. The molecule has 0 aliphatic rings. The average Bonchev–Trinajstić information content (AvgIpc) is 2.48. The lowest BCUT2D eigenvalue weighted by Gasteiger charge is -2.15. The highest BCUT2D eigenvalue weighted by Crippen LogP contribution is 2.32. The number of methoxy groups -OCH3 is 2. The Labute approximate surface area is 121 Å². The van der Waals surface area contributed by atoms with Crippen LogP contribution < -0.4 is 9.47 Å². The Bertz CT molecular complexity index is 594. The summed E-state index contributed by atoms with van der Waals surface area (Å²) in [5, 5.41) is 10.3. The number of hydrogen-bond acceptors (Lipinski definition) is 3. The van der Waals surface area contributed by atoms with Crippen molar-refractivity contribution >= 4 is 11.6 Å². The zero-order valence-electron chi connectivity index (χ0n) is 11.1. The number of benzene rings is 2. The highest BCUT2D eigenvalue weighted by Gasteiger charge is 2.18. The second-order valence-electron chi connectivity index (χ2n) is 4.19. The zero-order chi connectivity index (χ0) is 14.7. The van der Waals surface area contributed by atoms with Crippen LogP contribution in [0.5, 0.6) is 11.5 Å². The quantitative estimate of drug-likeness (QED) is 0.937. The van der Waals surface area contributed by atoms with Crippen molar-refractivity contribution in [3.63, 3.8) is 0 Å². The molecule has 0 fully saturated rings. The molecule has 2 rings (SSSR count). The summed E-state index contributed by atoms with van der Waals surface area (Å²) in [5.74, 6) is 0.394. The minimum Gasteiger partial charge on any atom is -0.497 e. The summed E-state index contributed by atoms with van der Waals surface area (Å²) in [4.78, 5) is 0. The molecule has 2 aromatic rings. The largest absolute Gasteiger partial charge is 0.497 e. The van der Waals surface area contributed by atoms with E-state index in [-0.39, 0.29) is 10.6 Å². The van der Waals surface area contributed by atoms with Crippen molar-refractivity contribution in [1.82, 2.24) is 0 Å². The smallest absolute Gasteiger partial charge is 0.147 e. The zero-order valence-corrected chi connectivity index (χ0v) is 11.8. The summed E-state index contributed by atoms with van der Waals surface area (Å²) in [7, 11) is 3.01. The van der Waals surface area contributed by atoms with Crippen LogP contribution in [-0.2, 0) is 0 Å². The summed E-state index contributed by atoms with van der Waals surface area (Å²) in [6, 6.07) is 9.41. The van der Waals surface area contributed by atoms with E-state index in [1.165, 1.54) is 26.4 Å². The molecule has 1 unspecified atom stereocenters. The molecule has 0 saturated heterocycles. The van der Waals surface area contributed by atoms with Gasteiger partial charge in [0.25, 0.3) is 0 Å². The van der Waals surface area contributed by atoms with Crippen LogP contribution >= 0.6 is 11.6 Å². The van der Waals surface area contributed by atoms with E-state index in [0.29, 0.717) is 17.1 Å². The van der Waals surface area contributed by atoms with Gasteiger partial charge in [-0.2, -0.15) is 0 Å². The minimum absolute atomic E-state index is 0.0311. The molecule has 3 nitrogen and oxygen atoms in total. The van der Waals surface area contributed by atoms with Gasteiger partial charge in [0.15, 0.2) is 0 Å². The van der Waals surface area contributed by atoms with Crippen LogP contribution in [0, 0.1) is 5.82 Å². The number of ether oxygens (including phenoxy) is 2. The highest BCUT2D eigenvalue weighted by molar-refractivity contribution is 6.30. The van der Waals surface area contributed by atoms with E-state index in [4.69, 9.17) is 21.1 Å². The Balaban J connectivity index is 2.47. The molecule has 0 amide bonds. The monoisotopic (exact) mass is 296 g/mol. The maximum absolute atomic E-state index is 13.9. The Morgan fingerprint density at radius 1 is 1.10 bits per heavy atom. The summed E-state index contributed by atoms with van der Waals surface area (Å²) in [5.41, 5.74) is 0.565. The molecule has 0 aliphatic carbocycles. The van der Waals surface area contributed by atoms with Crippen LogP contribution in [0.2, 0.25) is 5.02 Å². The van der Waals surface area contributed by atoms with Crippen molar-refractivity contribution in [2.24, 2.45) is 0 Å². The standard InChI is InChI=1S/C15H14ClFO3/c1-19-10-6-9(7-11(8-10)20-2)15(18)12-4-3-5-13(16)14(12)17/h3-8,15,18H,1-2H3. The molecular formula is C15H14ClFO3. The first-order valence-corrected chi connectivity index (χ1v) is 6.29. The van der Waals surface area contributed by atoms with Crippen LogP contribution in [-0.4, -0.2) is 19.3 Å². The van der Waals surface area contributed by atoms with E-state index < -0.39 is 11.9 Å². The molecule has 0 saturated carbocycles. The van der Waals surface area contributed by atoms with Crippen LogP contribution in [0.25, 0.3) is 0 Å². The normalized spacial score (nSPS) is 12.1. The van der Waals surface area contributed by atoms with Crippen molar-refractivity contribution in [3.05, 3.63) is 58.4 Å². The van der Waals surface area contributed by atoms with Crippen molar-refractivity contribution < 1.29 is 19.0 Å². The fourth-order valence-corrected chi connectivity index (χ4v) is 2.08. The molecule has 0 radical (unpaired) electrons. The first kappa shape index (κ1) is 14.6. The fraction of sp³-hybridized carbons (Fsp3) is 0.200. The van der Waals surface area contributed by atoms with Gasteiger partial charge in [-0.1, -0.05) is 23.7 Å². The molecule has 0 aliphatic heterocycles. The van der Waals surface area contributed by atoms with Crippen LogP contribution in [0.15, 0.2) is 36.4 Å². The van der Waals surface area contributed by atoms with E-state index >= 15 is 0 Å². The lowest BCUT2D eigenvalue weighted by atomic mass is 10.0. The Hall–Kier alpha value is -1.78. The average molecular weight is 297 g/mol. The predicted octanol–water partition coefficient (Wildman–Crippen LogP) is 3.58. The summed E-state index contributed by atoms with van der Waals surface area (Å²) in [6.07, 6.45) is -1.15. The lowest BCUT2D eigenvalue weighted by molar-refractivity contribution is 0.214. The molecule has 0 spiro atoms. The molecule has 1 N–H and O–H groups in total. The molecule has 5 heteroatoms. The van der Waals surface area contributed by atoms with E-state index in [2.05, 4.69) is 0 Å². The molecule has 106 valence electrons. The van der Waals surface area contributed by atoms with Gasteiger partial charge in [0, 0.05) is 11.6 Å². The van der Waals surface area contributed by atoms with E-state index in [1.54, 1.807) is 24.3 Å². The topological polar surface area (TPSA) is 38.7 Å². The van der Waals surface area contributed by atoms with Crippen molar-refractivity contribution in [3.8, 4) is 11.5 Å². The second kappa shape index (κ2) is 6.11. The van der Waals surface area contributed by atoms with Gasteiger partial charge in [0.1, 0.15) is 23.4 Å². The third-order valence-corrected chi connectivity index (χ3v) is 3.26. The molecule has 0 bridgehead atoms. The van der Waals surface area contributed by atoms with Gasteiger partial charge < -0.3 is 14.6 Å². The minimum atomic E-state index is -1.15. The molecule has 20 heavy (non-hydrogen) atoms. The molecule has 1 atom stereocenters. The molecule has 2 aromatic carbocycles. The fourth-order valence-electron chi connectivity index (χ4n) is 1.90. The van der Waals surface area contributed by atoms with Crippen LogP contribution in [0.3, 0.4) is 0 Å². The number of hydrogen-bond donors (Lipinski definition) is 1. The van der Waals surface area contributed by atoms with Gasteiger partial charge in [-0.25, -0.2) is 4.39 Å². The van der Waals surface area contributed by atoms with E-state index in [1.807, 2.05) is 0 Å². The summed E-state index contributed by atoms with van der Waals surface area (Å²) < 4.78 is 24.2. The number of aliphatic hydroxyl groups is 1. The second-order valence-corrected chi connectivity index (χ2v) is 4.60. The van der Waals surface area contributed by atoms with Crippen molar-refractivity contribution in [1.29, 1.82) is 0 Å². The van der Waals surface area contributed by atoms with Gasteiger partial charge in [-0.3, -0.25) is 0 Å². The SMILES string of the molecule is COc1cc(OC)cc(C(O)c2cccc(Cl)c2F)c1.